The number of nitrogens with zero attached hydrogens (tertiary/aromatic N) is 2. The quantitative estimate of drug-likeness (QED) is 0.200. The zero-order chi connectivity index (χ0) is 19.7. The number of sulfone groups is 1. The predicted octanol–water partition coefficient (Wildman–Crippen LogP) is 1.01. The molecule has 0 bridgehead atoms. The van der Waals surface area contributed by atoms with E-state index in [2.05, 4.69) is 15.6 Å². The first-order valence-electron chi connectivity index (χ1n) is 9.98. The third-order valence-corrected chi connectivity index (χ3v) is 5.90. The highest BCUT2D eigenvalue weighted by Gasteiger charge is 2.32. The molecule has 2 aliphatic rings. The van der Waals surface area contributed by atoms with E-state index in [1.165, 1.54) is 19.1 Å². The van der Waals surface area contributed by atoms with E-state index >= 15 is 0 Å². The van der Waals surface area contributed by atoms with E-state index < -0.39 is 9.84 Å². The minimum atomic E-state index is -2.99. The summed E-state index contributed by atoms with van der Waals surface area (Å²) in [6, 6.07) is 0.208. The van der Waals surface area contributed by atoms with Crippen molar-refractivity contribution in [1.82, 2.24) is 15.5 Å². The Bertz CT molecular complexity index is 609. The van der Waals surface area contributed by atoms with Gasteiger partial charge < -0.3 is 20.3 Å². The third kappa shape index (κ3) is 9.25. The zero-order valence-electron chi connectivity index (χ0n) is 17.0. The van der Waals surface area contributed by atoms with Crippen LogP contribution in [0.25, 0.3) is 0 Å². The highest BCUT2D eigenvalue weighted by atomic mass is 127. The average molecular weight is 530 g/mol. The van der Waals surface area contributed by atoms with Gasteiger partial charge in [-0.25, -0.2) is 8.42 Å². The van der Waals surface area contributed by atoms with Gasteiger partial charge >= 0.3 is 0 Å². The summed E-state index contributed by atoms with van der Waals surface area (Å²) in [5.74, 6) is 1.29. The molecule has 2 fully saturated rings. The number of rotatable bonds is 9. The number of nitrogens with one attached hydrogen (secondary N) is 2. The second kappa shape index (κ2) is 12.8. The highest BCUT2D eigenvalue weighted by Crippen LogP contribution is 2.27. The topological polar surface area (TPSA) is 100 Å². The number of amides is 1. The molecule has 1 aliphatic heterocycles. The molecule has 0 radical (unpaired) electrons. The highest BCUT2D eigenvalue weighted by molar-refractivity contribution is 14.0. The first-order chi connectivity index (χ1) is 12.9. The van der Waals surface area contributed by atoms with Gasteiger partial charge in [-0.3, -0.25) is 9.79 Å². The van der Waals surface area contributed by atoms with Gasteiger partial charge in [-0.1, -0.05) is 12.8 Å². The van der Waals surface area contributed by atoms with Gasteiger partial charge in [0.05, 0.1) is 25.5 Å². The SMILES string of the molecule is CCNC(=NCCOCCS(C)(=O)=O)NC1CCN(C(=O)C2CCCC2)C1.I. The van der Waals surface area contributed by atoms with Crippen LogP contribution in [0.15, 0.2) is 4.99 Å². The molecule has 2 rings (SSSR count). The van der Waals surface area contributed by atoms with Crippen LogP contribution in [0.4, 0.5) is 0 Å². The molecule has 0 aromatic heterocycles. The molecule has 0 spiro atoms. The molecular formula is C18H35IN4O4S. The molecule has 1 unspecified atom stereocenters. The van der Waals surface area contributed by atoms with Crippen molar-refractivity contribution >= 4 is 45.7 Å². The molecule has 0 aromatic carbocycles. The maximum absolute atomic E-state index is 12.5. The summed E-state index contributed by atoms with van der Waals surface area (Å²) in [6.45, 7) is 5.31. The van der Waals surface area contributed by atoms with Crippen LogP contribution < -0.4 is 10.6 Å². The van der Waals surface area contributed by atoms with Crippen molar-refractivity contribution in [1.29, 1.82) is 0 Å². The summed E-state index contributed by atoms with van der Waals surface area (Å²) in [7, 11) is -2.99. The van der Waals surface area contributed by atoms with Gasteiger partial charge in [0.1, 0.15) is 9.84 Å². The fourth-order valence-corrected chi connectivity index (χ4v) is 3.98. The van der Waals surface area contributed by atoms with Crippen LogP contribution in [0, 0.1) is 5.92 Å². The van der Waals surface area contributed by atoms with Crippen LogP contribution in [0.2, 0.25) is 0 Å². The van der Waals surface area contributed by atoms with Crippen LogP contribution in [-0.2, 0) is 19.4 Å². The Balaban J connectivity index is 0.00000392. The molecule has 0 aromatic rings. The Morgan fingerprint density at radius 2 is 1.93 bits per heavy atom. The minimum absolute atomic E-state index is 0. The molecule has 164 valence electrons. The van der Waals surface area contributed by atoms with Crippen molar-refractivity contribution in [2.75, 3.05) is 51.4 Å². The van der Waals surface area contributed by atoms with Crippen molar-refractivity contribution in [2.24, 2.45) is 10.9 Å². The largest absolute Gasteiger partial charge is 0.378 e. The number of guanidine groups is 1. The van der Waals surface area contributed by atoms with E-state index in [9.17, 15) is 13.2 Å². The maximum Gasteiger partial charge on any atom is 0.225 e. The lowest BCUT2D eigenvalue weighted by molar-refractivity contribution is -0.134. The number of likely N-dealkylation sites (tertiary alicyclic amines) is 1. The fourth-order valence-electron chi connectivity index (χ4n) is 3.56. The molecule has 2 N–H and O–H groups in total. The monoisotopic (exact) mass is 530 g/mol. The Morgan fingerprint density at radius 1 is 1.21 bits per heavy atom. The fraction of sp³-hybridized carbons (Fsp3) is 0.889. The number of carbonyl (C=O) groups excluding carboxylic acids is 1. The van der Waals surface area contributed by atoms with Crippen LogP contribution in [0.3, 0.4) is 0 Å². The summed E-state index contributed by atoms with van der Waals surface area (Å²) in [5, 5.41) is 6.61. The molecular weight excluding hydrogens is 495 g/mol. The molecule has 28 heavy (non-hydrogen) atoms. The van der Waals surface area contributed by atoms with E-state index in [-0.39, 0.29) is 48.3 Å². The standard InChI is InChI=1S/C18H34N4O4S.HI/c1-3-19-18(20-9-11-26-12-13-27(2,24)25)21-16-8-10-22(14-16)17(23)15-6-4-5-7-15;/h15-16H,3-14H2,1-2H3,(H2,19,20,21);1H. The molecule has 1 aliphatic carbocycles. The van der Waals surface area contributed by atoms with Gasteiger partial charge in [0.25, 0.3) is 0 Å². The summed E-state index contributed by atoms with van der Waals surface area (Å²) in [6.07, 6.45) is 6.55. The normalized spacial score (nSPS) is 20.9. The summed E-state index contributed by atoms with van der Waals surface area (Å²) < 4.78 is 27.4. The molecule has 1 atom stereocenters. The number of hydrogen-bond acceptors (Lipinski definition) is 5. The van der Waals surface area contributed by atoms with Gasteiger partial charge in [0.2, 0.25) is 5.91 Å². The lowest BCUT2D eigenvalue weighted by atomic mass is 10.1. The number of hydrogen-bond donors (Lipinski definition) is 2. The summed E-state index contributed by atoms with van der Waals surface area (Å²) >= 11 is 0. The smallest absolute Gasteiger partial charge is 0.225 e. The number of aliphatic imine (C=N–C) groups is 1. The molecule has 1 saturated heterocycles. The number of halogens is 1. The molecule has 1 heterocycles. The van der Waals surface area contributed by atoms with Crippen molar-refractivity contribution in [3.8, 4) is 0 Å². The van der Waals surface area contributed by atoms with E-state index in [1.807, 2.05) is 11.8 Å². The Morgan fingerprint density at radius 3 is 2.57 bits per heavy atom. The Labute approximate surface area is 186 Å². The van der Waals surface area contributed by atoms with Gasteiger partial charge in [0, 0.05) is 37.8 Å². The lowest BCUT2D eigenvalue weighted by Crippen LogP contribution is -2.45. The maximum atomic E-state index is 12.5. The third-order valence-electron chi connectivity index (χ3n) is 4.99. The van der Waals surface area contributed by atoms with Gasteiger partial charge in [-0.15, -0.1) is 24.0 Å². The minimum Gasteiger partial charge on any atom is -0.378 e. The molecule has 8 nitrogen and oxygen atoms in total. The number of carbonyl (C=O) groups is 1. The van der Waals surface area contributed by atoms with Crippen molar-refractivity contribution in [3.05, 3.63) is 0 Å². The molecule has 1 amide bonds. The molecule has 10 heteroatoms. The first kappa shape index (κ1) is 25.4. The van der Waals surface area contributed by atoms with Crippen molar-refractivity contribution < 1.29 is 17.9 Å². The van der Waals surface area contributed by atoms with Crippen molar-refractivity contribution in [3.63, 3.8) is 0 Å². The molecule has 1 saturated carbocycles. The summed E-state index contributed by atoms with van der Waals surface area (Å²) in [5.41, 5.74) is 0. The van der Waals surface area contributed by atoms with E-state index in [1.54, 1.807) is 0 Å². The first-order valence-corrected chi connectivity index (χ1v) is 12.0. The summed E-state index contributed by atoms with van der Waals surface area (Å²) in [4.78, 5) is 19.0. The van der Waals surface area contributed by atoms with Crippen LogP contribution in [-0.4, -0.2) is 82.6 Å². The second-order valence-electron chi connectivity index (χ2n) is 7.40. The lowest BCUT2D eigenvalue weighted by Gasteiger charge is -2.21. The van der Waals surface area contributed by atoms with Gasteiger partial charge in [-0.2, -0.15) is 0 Å². The van der Waals surface area contributed by atoms with Gasteiger partial charge in [-0.05, 0) is 26.2 Å². The Hall–Kier alpha value is -0.620. The predicted molar refractivity (Wildman–Crippen MR) is 122 cm³/mol. The number of ether oxygens (including phenoxy) is 1. The zero-order valence-corrected chi connectivity index (χ0v) is 20.1. The van der Waals surface area contributed by atoms with E-state index in [4.69, 9.17) is 4.74 Å². The van der Waals surface area contributed by atoms with E-state index in [0.717, 1.165) is 38.9 Å². The second-order valence-corrected chi connectivity index (χ2v) is 9.66. The van der Waals surface area contributed by atoms with Crippen molar-refractivity contribution in [2.45, 2.75) is 45.1 Å². The Kier molecular flexibility index (Phi) is 11.7. The van der Waals surface area contributed by atoms with Crippen LogP contribution in [0.5, 0.6) is 0 Å². The van der Waals surface area contributed by atoms with Crippen LogP contribution >= 0.6 is 24.0 Å². The van der Waals surface area contributed by atoms with E-state index in [0.29, 0.717) is 25.0 Å². The average Bonchev–Trinajstić information content (AvgIpc) is 3.28. The van der Waals surface area contributed by atoms with Gasteiger partial charge in [0.15, 0.2) is 5.96 Å². The van der Waals surface area contributed by atoms with Crippen LogP contribution in [0.1, 0.15) is 39.0 Å².